The van der Waals surface area contributed by atoms with Gasteiger partial charge in [0, 0.05) is 24.7 Å². The van der Waals surface area contributed by atoms with Gasteiger partial charge in [0.15, 0.2) is 0 Å². The van der Waals surface area contributed by atoms with E-state index in [1.165, 1.54) is 5.56 Å². The highest BCUT2D eigenvalue weighted by molar-refractivity contribution is 5.95. The van der Waals surface area contributed by atoms with Crippen molar-refractivity contribution in [3.05, 3.63) is 59.2 Å². The molecule has 1 amide bonds. The van der Waals surface area contributed by atoms with E-state index in [2.05, 4.69) is 31.2 Å². The van der Waals surface area contributed by atoms with Crippen LogP contribution in [0, 0.1) is 6.92 Å². The second-order valence-electron chi connectivity index (χ2n) is 6.91. The van der Waals surface area contributed by atoms with Gasteiger partial charge >= 0.3 is 0 Å². The van der Waals surface area contributed by atoms with Crippen LogP contribution in [0.4, 0.5) is 0 Å². The van der Waals surface area contributed by atoms with Gasteiger partial charge in [-0.25, -0.2) is 0 Å². The molecule has 0 spiro atoms. The van der Waals surface area contributed by atoms with Crippen LogP contribution in [0.2, 0.25) is 0 Å². The van der Waals surface area contributed by atoms with Crippen LogP contribution in [0.1, 0.15) is 34.3 Å². The minimum atomic E-state index is -0.0177. The molecule has 1 aliphatic heterocycles. The molecule has 1 saturated heterocycles. The summed E-state index contributed by atoms with van der Waals surface area (Å²) in [6.45, 7) is 3.98. The summed E-state index contributed by atoms with van der Waals surface area (Å²) in [7, 11) is 3.16. The number of carbonyl (C=O) groups excluding carboxylic acids is 1. The Kier molecular flexibility index (Phi) is 6.35. The molecule has 1 unspecified atom stereocenters. The Balaban J connectivity index is 1.63. The predicted molar refractivity (Wildman–Crippen MR) is 104 cm³/mol. The molecule has 144 valence electrons. The Bertz CT molecular complexity index is 750. The predicted octanol–water partition coefficient (Wildman–Crippen LogP) is 3.83. The fourth-order valence-electron chi connectivity index (χ4n) is 3.27. The van der Waals surface area contributed by atoms with Crippen LogP contribution in [-0.2, 0) is 11.3 Å². The molecule has 0 aliphatic carbocycles. The summed E-state index contributed by atoms with van der Waals surface area (Å²) in [6.07, 6.45) is 1.96. The highest BCUT2D eigenvalue weighted by Gasteiger charge is 2.25. The lowest BCUT2D eigenvalue weighted by Crippen LogP contribution is -2.43. The smallest absolute Gasteiger partial charge is 0.254 e. The molecule has 1 aliphatic rings. The van der Waals surface area contributed by atoms with Gasteiger partial charge in [0.2, 0.25) is 0 Å². The Labute approximate surface area is 160 Å². The zero-order chi connectivity index (χ0) is 19.2. The van der Waals surface area contributed by atoms with E-state index in [1.54, 1.807) is 32.4 Å². The SMILES string of the molecule is COc1cc(OC)cc(C(=O)N2CCCC(OCc3ccc(C)cc3)C2)c1. The standard InChI is InChI=1S/C22H27NO4/c1-16-6-8-17(9-7-16)15-27-19-5-4-10-23(14-19)22(24)18-11-20(25-2)13-21(12-18)26-3/h6-9,11-13,19H,4-5,10,14-15H2,1-3H3. The van der Waals surface area contributed by atoms with E-state index in [9.17, 15) is 4.79 Å². The lowest BCUT2D eigenvalue weighted by Gasteiger charge is -2.33. The lowest BCUT2D eigenvalue weighted by molar-refractivity contribution is -0.00674. The summed E-state index contributed by atoms with van der Waals surface area (Å²) in [5.41, 5.74) is 2.97. The first-order valence-corrected chi connectivity index (χ1v) is 9.28. The van der Waals surface area contributed by atoms with Gasteiger partial charge in [-0.15, -0.1) is 0 Å². The molecule has 0 saturated carbocycles. The Morgan fingerprint density at radius 3 is 2.37 bits per heavy atom. The molecule has 1 atom stereocenters. The molecule has 2 aromatic carbocycles. The third-order valence-electron chi connectivity index (χ3n) is 4.87. The van der Waals surface area contributed by atoms with Gasteiger partial charge in [0.25, 0.3) is 5.91 Å². The highest BCUT2D eigenvalue weighted by Crippen LogP contribution is 2.25. The minimum absolute atomic E-state index is 0.0177. The molecule has 2 aromatic rings. The van der Waals surface area contributed by atoms with Gasteiger partial charge in [0.1, 0.15) is 11.5 Å². The summed E-state index contributed by atoms with van der Waals surface area (Å²) in [5.74, 6) is 1.21. The molecule has 0 bridgehead atoms. The zero-order valence-corrected chi connectivity index (χ0v) is 16.2. The van der Waals surface area contributed by atoms with E-state index >= 15 is 0 Å². The maximum Gasteiger partial charge on any atom is 0.254 e. The second kappa shape index (κ2) is 8.91. The summed E-state index contributed by atoms with van der Waals surface area (Å²) in [4.78, 5) is 14.8. The number of carbonyl (C=O) groups is 1. The van der Waals surface area contributed by atoms with E-state index in [1.807, 2.05) is 4.90 Å². The third-order valence-corrected chi connectivity index (χ3v) is 4.87. The van der Waals surface area contributed by atoms with Crippen molar-refractivity contribution in [2.24, 2.45) is 0 Å². The molecule has 5 nitrogen and oxygen atoms in total. The number of benzene rings is 2. The van der Waals surface area contributed by atoms with Crippen molar-refractivity contribution < 1.29 is 19.0 Å². The molecule has 5 heteroatoms. The maximum atomic E-state index is 13.0. The van der Waals surface area contributed by atoms with Gasteiger partial charge in [-0.05, 0) is 37.5 Å². The average Bonchev–Trinajstić information content (AvgIpc) is 2.72. The van der Waals surface area contributed by atoms with E-state index in [4.69, 9.17) is 14.2 Å². The largest absolute Gasteiger partial charge is 0.497 e. The number of likely N-dealkylation sites (tertiary alicyclic amines) is 1. The number of amides is 1. The molecule has 27 heavy (non-hydrogen) atoms. The molecule has 3 rings (SSSR count). The number of ether oxygens (including phenoxy) is 3. The van der Waals surface area contributed by atoms with Crippen LogP contribution in [-0.4, -0.2) is 44.2 Å². The third kappa shape index (κ3) is 5.01. The number of piperidine rings is 1. The van der Waals surface area contributed by atoms with Crippen molar-refractivity contribution >= 4 is 5.91 Å². The first-order valence-electron chi connectivity index (χ1n) is 9.28. The van der Waals surface area contributed by atoms with Gasteiger partial charge in [-0.3, -0.25) is 4.79 Å². The molecule has 0 radical (unpaired) electrons. The summed E-state index contributed by atoms with van der Waals surface area (Å²) >= 11 is 0. The van der Waals surface area contributed by atoms with E-state index in [-0.39, 0.29) is 12.0 Å². The fraction of sp³-hybridized carbons (Fsp3) is 0.409. The minimum Gasteiger partial charge on any atom is -0.497 e. The van der Waals surface area contributed by atoms with Crippen LogP contribution in [0.25, 0.3) is 0 Å². The van der Waals surface area contributed by atoms with Crippen molar-refractivity contribution in [3.63, 3.8) is 0 Å². The van der Waals surface area contributed by atoms with Crippen LogP contribution in [0.3, 0.4) is 0 Å². The topological polar surface area (TPSA) is 48.0 Å². The maximum absolute atomic E-state index is 13.0. The number of hydrogen-bond donors (Lipinski definition) is 0. The molecular formula is C22H27NO4. The summed E-state index contributed by atoms with van der Waals surface area (Å²) < 4.78 is 16.6. The molecule has 1 fully saturated rings. The van der Waals surface area contributed by atoms with Crippen LogP contribution in [0.5, 0.6) is 11.5 Å². The van der Waals surface area contributed by atoms with Crippen LogP contribution >= 0.6 is 0 Å². The summed E-state index contributed by atoms with van der Waals surface area (Å²) in [6, 6.07) is 13.6. The summed E-state index contributed by atoms with van der Waals surface area (Å²) in [5, 5.41) is 0. The van der Waals surface area contributed by atoms with Crippen LogP contribution in [0.15, 0.2) is 42.5 Å². The molecule has 0 N–H and O–H groups in total. The average molecular weight is 369 g/mol. The second-order valence-corrected chi connectivity index (χ2v) is 6.91. The normalized spacial score (nSPS) is 16.9. The fourth-order valence-corrected chi connectivity index (χ4v) is 3.27. The van der Waals surface area contributed by atoms with E-state index in [0.717, 1.165) is 24.9 Å². The number of aryl methyl sites for hydroxylation is 1. The molecular weight excluding hydrogens is 342 g/mol. The molecule has 1 heterocycles. The van der Waals surface area contributed by atoms with E-state index in [0.29, 0.717) is 30.2 Å². The quantitative estimate of drug-likeness (QED) is 0.776. The zero-order valence-electron chi connectivity index (χ0n) is 16.2. The van der Waals surface area contributed by atoms with Crippen molar-refractivity contribution in [3.8, 4) is 11.5 Å². The number of nitrogens with zero attached hydrogens (tertiary/aromatic N) is 1. The van der Waals surface area contributed by atoms with Crippen LogP contribution < -0.4 is 9.47 Å². The Hall–Kier alpha value is -2.53. The first-order chi connectivity index (χ1) is 13.1. The first kappa shape index (κ1) is 19.2. The Morgan fingerprint density at radius 2 is 1.74 bits per heavy atom. The van der Waals surface area contributed by atoms with Gasteiger partial charge in [0.05, 0.1) is 26.9 Å². The van der Waals surface area contributed by atoms with Crippen molar-refractivity contribution in [2.45, 2.75) is 32.5 Å². The van der Waals surface area contributed by atoms with Crippen molar-refractivity contribution in [2.75, 3.05) is 27.3 Å². The molecule has 0 aromatic heterocycles. The van der Waals surface area contributed by atoms with E-state index < -0.39 is 0 Å². The highest BCUT2D eigenvalue weighted by atomic mass is 16.5. The van der Waals surface area contributed by atoms with Gasteiger partial charge < -0.3 is 19.1 Å². The number of methoxy groups -OCH3 is 2. The van der Waals surface area contributed by atoms with Crippen molar-refractivity contribution in [1.82, 2.24) is 4.90 Å². The number of hydrogen-bond acceptors (Lipinski definition) is 4. The Morgan fingerprint density at radius 1 is 1.07 bits per heavy atom. The number of rotatable bonds is 6. The monoisotopic (exact) mass is 369 g/mol. The van der Waals surface area contributed by atoms with Crippen molar-refractivity contribution in [1.29, 1.82) is 0 Å². The lowest BCUT2D eigenvalue weighted by atomic mass is 10.1. The van der Waals surface area contributed by atoms with Gasteiger partial charge in [-0.2, -0.15) is 0 Å². The van der Waals surface area contributed by atoms with Gasteiger partial charge in [-0.1, -0.05) is 29.8 Å².